The van der Waals surface area contributed by atoms with Gasteiger partial charge in [0, 0.05) is 0 Å². The molecule has 1 aliphatic rings. The van der Waals surface area contributed by atoms with Gasteiger partial charge >= 0.3 is 0 Å². The van der Waals surface area contributed by atoms with E-state index in [0.29, 0.717) is 0 Å². The molecule has 1 radical (unpaired) electrons. The smallest absolute Gasteiger partial charge is 0.254 e. The molecule has 0 aliphatic carbocycles. The predicted molar refractivity (Wildman–Crippen MR) is 35.2 cm³/mol. The van der Waals surface area contributed by atoms with Crippen molar-refractivity contribution in [1.82, 2.24) is 0 Å². The molecule has 1 fully saturated rings. The van der Waals surface area contributed by atoms with E-state index in [-0.39, 0.29) is 0 Å². The van der Waals surface area contributed by atoms with Crippen molar-refractivity contribution in [2.24, 2.45) is 0 Å². The van der Waals surface area contributed by atoms with Crippen LogP contribution in [-0.4, -0.2) is 56.6 Å². The van der Waals surface area contributed by atoms with E-state index in [0.717, 1.165) is 0 Å². The van der Waals surface area contributed by atoms with Crippen molar-refractivity contribution in [3.63, 3.8) is 0 Å². The molecule has 4 atom stereocenters. The van der Waals surface area contributed by atoms with E-state index in [9.17, 15) is 0 Å². The minimum absolute atomic E-state index is 0.547. The molecule has 0 aromatic carbocycles. The molecule has 0 aromatic heterocycles. The first-order valence-corrected chi connectivity index (χ1v) is 3.45. The highest BCUT2D eigenvalue weighted by Crippen LogP contribution is 2.23. The van der Waals surface area contributed by atoms with E-state index in [2.05, 4.69) is 4.74 Å². The Balaban J connectivity index is 2.63. The maximum Gasteiger partial charge on any atom is 0.254 e. The summed E-state index contributed by atoms with van der Waals surface area (Å²) in [4.78, 5) is 0. The van der Waals surface area contributed by atoms with Crippen LogP contribution in [0.4, 0.5) is 0 Å². The van der Waals surface area contributed by atoms with Crippen molar-refractivity contribution in [1.29, 1.82) is 0 Å². The van der Waals surface area contributed by atoms with Crippen LogP contribution in [0.5, 0.6) is 0 Å². The summed E-state index contributed by atoms with van der Waals surface area (Å²) < 4.78 is 4.49. The molecule has 0 aromatic rings. The minimum atomic E-state index is -1.62. The first kappa shape index (κ1) is 9.85. The van der Waals surface area contributed by atoms with Crippen LogP contribution in [0, 0.1) is 6.29 Å². The number of aliphatic hydroxyl groups is 5. The Morgan fingerprint density at radius 2 is 1.75 bits per heavy atom. The van der Waals surface area contributed by atoms with Crippen LogP contribution in [-0.2, 0) is 4.74 Å². The largest absolute Gasteiger partial charge is 0.394 e. The fourth-order valence-corrected chi connectivity index (χ4v) is 0.993. The summed E-state index contributed by atoms with van der Waals surface area (Å²) in [6.45, 7) is -0.547. The molecule has 0 bridgehead atoms. The number of ether oxygens (including phenoxy) is 1. The summed E-state index contributed by atoms with van der Waals surface area (Å²) in [6.07, 6.45) is -6.44. The van der Waals surface area contributed by atoms with Crippen LogP contribution in [0.25, 0.3) is 0 Å². The van der Waals surface area contributed by atoms with Crippen molar-refractivity contribution in [3.05, 3.63) is 6.29 Å². The van der Waals surface area contributed by atoms with Crippen LogP contribution in [0.15, 0.2) is 0 Å². The molecule has 71 valence electrons. The van der Waals surface area contributed by atoms with Gasteiger partial charge in [-0.3, -0.25) is 0 Å². The van der Waals surface area contributed by atoms with E-state index >= 15 is 0 Å². The van der Waals surface area contributed by atoms with Crippen molar-refractivity contribution in [2.45, 2.75) is 24.4 Å². The predicted octanol–water partition coefficient (Wildman–Crippen LogP) is -2.68. The molecular weight excluding hydrogens is 168 g/mol. The third kappa shape index (κ3) is 1.58. The molecule has 0 amide bonds. The van der Waals surface area contributed by atoms with E-state index < -0.39 is 37.3 Å². The molecule has 12 heavy (non-hydrogen) atoms. The Morgan fingerprint density at radius 3 is 2.25 bits per heavy atom. The van der Waals surface area contributed by atoms with Crippen LogP contribution in [0.2, 0.25) is 0 Å². The summed E-state index contributed by atoms with van der Waals surface area (Å²) >= 11 is 0. The highest BCUT2D eigenvalue weighted by Gasteiger charge is 2.43. The van der Waals surface area contributed by atoms with Gasteiger partial charge in [-0.15, -0.1) is 0 Å². The standard InChI is InChI=1S/C6H11O6/c7-1-2-3(8)4(9)5(10)6(11)12-2/h2-5,7-11H,1H2/t2-,3+,4+,5-/m1/s1. The highest BCUT2D eigenvalue weighted by molar-refractivity contribution is 4.95. The molecule has 6 nitrogen and oxygen atoms in total. The van der Waals surface area contributed by atoms with Crippen molar-refractivity contribution in [2.75, 3.05) is 6.61 Å². The van der Waals surface area contributed by atoms with Gasteiger partial charge < -0.3 is 30.3 Å². The number of aliphatic hydroxyl groups excluding tert-OH is 5. The first-order chi connectivity index (χ1) is 5.57. The van der Waals surface area contributed by atoms with Gasteiger partial charge in [0.15, 0.2) is 0 Å². The molecule has 5 N–H and O–H groups in total. The second-order valence-corrected chi connectivity index (χ2v) is 2.60. The average Bonchev–Trinajstić information content (AvgIpc) is 2.08. The van der Waals surface area contributed by atoms with Gasteiger partial charge in [-0.05, 0) is 0 Å². The SMILES string of the molecule is OC[C@H]1O[C](O)[C@H](O)[C@@H](O)[C@H]1O. The monoisotopic (exact) mass is 179 g/mol. The van der Waals surface area contributed by atoms with Crippen LogP contribution in [0.1, 0.15) is 0 Å². The van der Waals surface area contributed by atoms with Gasteiger partial charge in [0.2, 0.25) is 0 Å². The van der Waals surface area contributed by atoms with Crippen molar-refractivity contribution in [3.8, 4) is 0 Å². The molecule has 0 spiro atoms. The highest BCUT2D eigenvalue weighted by atomic mass is 16.6. The topological polar surface area (TPSA) is 110 Å². The lowest BCUT2D eigenvalue weighted by Gasteiger charge is -2.36. The van der Waals surface area contributed by atoms with Gasteiger partial charge in [-0.25, -0.2) is 0 Å². The number of rotatable bonds is 1. The first-order valence-electron chi connectivity index (χ1n) is 3.45. The quantitative estimate of drug-likeness (QED) is 0.300. The fourth-order valence-electron chi connectivity index (χ4n) is 0.993. The Labute approximate surface area is 68.6 Å². The molecule has 1 rings (SSSR count). The normalized spacial score (nSPS) is 44.8. The second kappa shape index (κ2) is 3.65. The average molecular weight is 179 g/mol. The molecule has 1 saturated heterocycles. The van der Waals surface area contributed by atoms with E-state index in [1.165, 1.54) is 0 Å². The summed E-state index contributed by atoms with van der Waals surface area (Å²) in [7, 11) is 0. The molecule has 0 saturated carbocycles. The van der Waals surface area contributed by atoms with Crippen LogP contribution < -0.4 is 0 Å². The van der Waals surface area contributed by atoms with Crippen molar-refractivity contribution < 1.29 is 30.3 Å². The van der Waals surface area contributed by atoms with E-state index in [1.54, 1.807) is 0 Å². The molecule has 0 unspecified atom stereocenters. The fraction of sp³-hybridized carbons (Fsp3) is 0.833. The number of hydrogen-bond donors (Lipinski definition) is 5. The zero-order valence-corrected chi connectivity index (χ0v) is 6.16. The minimum Gasteiger partial charge on any atom is -0.394 e. The summed E-state index contributed by atoms with van der Waals surface area (Å²) in [6, 6.07) is 0. The summed E-state index contributed by atoms with van der Waals surface area (Å²) in [5.41, 5.74) is 0. The lowest BCUT2D eigenvalue weighted by atomic mass is 10.00. The number of hydrogen-bond acceptors (Lipinski definition) is 6. The van der Waals surface area contributed by atoms with Crippen molar-refractivity contribution >= 4 is 0 Å². The van der Waals surface area contributed by atoms with Gasteiger partial charge in [0.05, 0.1) is 6.61 Å². The third-order valence-corrected chi connectivity index (χ3v) is 1.76. The Kier molecular flexibility index (Phi) is 2.99. The lowest BCUT2D eigenvalue weighted by molar-refractivity contribution is -0.230. The lowest BCUT2D eigenvalue weighted by Crippen LogP contribution is -2.55. The maximum absolute atomic E-state index is 9.11. The van der Waals surface area contributed by atoms with E-state index in [4.69, 9.17) is 25.5 Å². The van der Waals surface area contributed by atoms with Gasteiger partial charge in [-0.2, -0.15) is 0 Å². The molecular formula is C6H11O6. The Bertz CT molecular complexity index is 146. The molecule has 1 heterocycles. The Morgan fingerprint density at radius 1 is 1.17 bits per heavy atom. The van der Waals surface area contributed by atoms with Gasteiger partial charge in [0.1, 0.15) is 24.4 Å². The summed E-state index contributed by atoms with van der Waals surface area (Å²) in [5, 5.41) is 44.5. The van der Waals surface area contributed by atoms with Crippen LogP contribution >= 0.6 is 0 Å². The Hall–Kier alpha value is -0.240. The van der Waals surface area contributed by atoms with E-state index in [1.807, 2.05) is 0 Å². The molecule has 6 heteroatoms. The molecule has 1 aliphatic heterocycles. The third-order valence-electron chi connectivity index (χ3n) is 1.76. The zero-order valence-electron chi connectivity index (χ0n) is 6.16. The summed E-state index contributed by atoms with van der Waals surface area (Å²) in [5.74, 6) is 0. The maximum atomic E-state index is 9.11. The second-order valence-electron chi connectivity index (χ2n) is 2.60. The van der Waals surface area contributed by atoms with Gasteiger partial charge in [0.25, 0.3) is 6.29 Å². The zero-order chi connectivity index (χ0) is 9.30. The van der Waals surface area contributed by atoms with Crippen LogP contribution in [0.3, 0.4) is 0 Å². The van der Waals surface area contributed by atoms with Gasteiger partial charge in [-0.1, -0.05) is 0 Å².